The summed E-state index contributed by atoms with van der Waals surface area (Å²) in [4.78, 5) is 16.7. The van der Waals surface area contributed by atoms with Crippen LogP contribution in [-0.4, -0.2) is 28.1 Å². The summed E-state index contributed by atoms with van der Waals surface area (Å²) in [5.74, 6) is -0.376. The molecule has 0 saturated heterocycles. The Morgan fingerprint density at radius 3 is 2.40 bits per heavy atom. The molecular formula is C21H19F3N2O4. The quantitative estimate of drug-likeness (QED) is 0.574. The zero-order valence-corrected chi connectivity index (χ0v) is 16.0. The van der Waals surface area contributed by atoms with Crippen LogP contribution in [0.15, 0.2) is 59.2 Å². The minimum absolute atomic E-state index is 0.121. The van der Waals surface area contributed by atoms with Crippen molar-refractivity contribution in [2.45, 2.75) is 25.8 Å². The fraction of sp³-hybridized carbons (Fsp3) is 0.238. The van der Waals surface area contributed by atoms with Gasteiger partial charge in [0.25, 0.3) is 0 Å². The van der Waals surface area contributed by atoms with E-state index in [1.807, 2.05) is 17.0 Å². The van der Waals surface area contributed by atoms with E-state index in [4.69, 9.17) is 14.3 Å². The van der Waals surface area contributed by atoms with Crippen LogP contribution in [0.25, 0.3) is 0 Å². The Bertz CT molecular complexity index is 1000. The topological polar surface area (TPSA) is 75.8 Å². The second-order valence-corrected chi connectivity index (χ2v) is 6.62. The Morgan fingerprint density at radius 1 is 1.10 bits per heavy atom. The lowest BCUT2D eigenvalue weighted by atomic mass is 10.1. The van der Waals surface area contributed by atoms with E-state index >= 15 is 0 Å². The van der Waals surface area contributed by atoms with Crippen LogP contribution >= 0.6 is 0 Å². The summed E-state index contributed by atoms with van der Waals surface area (Å²) < 4.78 is 49.5. The first-order valence-electron chi connectivity index (χ1n) is 8.93. The van der Waals surface area contributed by atoms with E-state index in [0.717, 1.165) is 24.0 Å². The lowest BCUT2D eigenvalue weighted by Crippen LogP contribution is -2.23. The smallest absolute Gasteiger partial charge is 0.416 e. The van der Waals surface area contributed by atoms with Crippen molar-refractivity contribution in [2.24, 2.45) is 0 Å². The monoisotopic (exact) mass is 420 g/mol. The van der Waals surface area contributed by atoms with E-state index in [0.29, 0.717) is 17.9 Å². The number of hydrogen-bond acceptors (Lipinski definition) is 5. The van der Waals surface area contributed by atoms with Gasteiger partial charge < -0.3 is 14.3 Å². The minimum atomic E-state index is -4.43. The summed E-state index contributed by atoms with van der Waals surface area (Å²) in [5, 5.41) is 9.00. The average Bonchev–Trinajstić information content (AvgIpc) is 3.17. The van der Waals surface area contributed by atoms with Gasteiger partial charge in [-0.1, -0.05) is 30.3 Å². The molecule has 3 aromatic rings. The SMILES string of the molecule is COc1ccc(CN(Cc2cccc(C(F)(F)F)c2)Cc2nc(C(=O)O)co2)cc1. The predicted molar refractivity (Wildman–Crippen MR) is 101 cm³/mol. The van der Waals surface area contributed by atoms with Crippen molar-refractivity contribution in [2.75, 3.05) is 7.11 Å². The van der Waals surface area contributed by atoms with Gasteiger partial charge in [-0.25, -0.2) is 9.78 Å². The molecule has 0 bridgehead atoms. The highest BCUT2D eigenvalue weighted by Crippen LogP contribution is 2.30. The Hall–Kier alpha value is -3.33. The van der Waals surface area contributed by atoms with Gasteiger partial charge in [0.05, 0.1) is 19.2 Å². The lowest BCUT2D eigenvalue weighted by molar-refractivity contribution is -0.137. The fourth-order valence-electron chi connectivity index (χ4n) is 2.93. The van der Waals surface area contributed by atoms with Crippen LogP contribution in [0.1, 0.15) is 33.1 Å². The molecule has 0 fully saturated rings. The van der Waals surface area contributed by atoms with Gasteiger partial charge in [-0.15, -0.1) is 0 Å². The Kier molecular flexibility index (Phi) is 6.41. The van der Waals surface area contributed by atoms with Gasteiger partial charge >= 0.3 is 12.1 Å². The number of rotatable bonds is 8. The number of methoxy groups -OCH3 is 1. The molecule has 3 rings (SSSR count). The largest absolute Gasteiger partial charge is 0.497 e. The normalized spacial score (nSPS) is 11.6. The van der Waals surface area contributed by atoms with E-state index in [2.05, 4.69) is 4.98 Å². The number of alkyl halides is 3. The first-order chi connectivity index (χ1) is 14.2. The minimum Gasteiger partial charge on any atom is -0.497 e. The molecule has 1 N–H and O–H groups in total. The molecule has 0 aliphatic rings. The number of ether oxygens (including phenoxy) is 1. The molecule has 0 amide bonds. The second-order valence-electron chi connectivity index (χ2n) is 6.62. The van der Waals surface area contributed by atoms with Gasteiger partial charge in [0.15, 0.2) is 5.69 Å². The Labute approximate surface area is 170 Å². The Balaban J connectivity index is 1.83. The zero-order valence-electron chi connectivity index (χ0n) is 16.0. The van der Waals surface area contributed by atoms with Crippen LogP contribution < -0.4 is 4.74 Å². The summed E-state index contributed by atoms with van der Waals surface area (Å²) in [7, 11) is 1.55. The number of hydrogen-bond donors (Lipinski definition) is 1. The van der Waals surface area contributed by atoms with Crippen LogP contribution in [0.5, 0.6) is 5.75 Å². The number of oxazole rings is 1. The van der Waals surface area contributed by atoms with E-state index in [9.17, 15) is 18.0 Å². The third-order valence-corrected chi connectivity index (χ3v) is 4.36. The van der Waals surface area contributed by atoms with Crippen LogP contribution in [0.4, 0.5) is 13.2 Å². The number of aromatic carboxylic acids is 1. The third kappa shape index (κ3) is 5.60. The molecular weight excluding hydrogens is 401 g/mol. The number of carbonyl (C=O) groups is 1. The molecule has 30 heavy (non-hydrogen) atoms. The highest BCUT2D eigenvalue weighted by Gasteiger charge is 2.30. The summed E-state index contributed by atoms with van der Waals surface area (Å²) in [6, 6.07) is 12.3. The molecule has 9 heteroatoms. The molecule has 1 aromatic heterocycles. The van der Waals surface area contributed by atoms with Gasteiger partial charge in [-0.2, -0.15) is 13.2 Å². The molecule has 0 aliphatic carbocycles. The molecule has 0 unspecified atom stereocenters. The van der Waals surface area contributed by atoms with Crippen LogP contribution in [0.3, 0.4) is 0 Å². The predicted octanol–water partition coefficient (Wildman–Crippen LogP) is 4.60. The van der Waals surface area contributed by atoms with Gasteiger partial charge in [-0.05, 0) is 29.3 Å². The molecule has 0 spiro atoms. The molecule has 1 heterocycles. The number of halogens is 3. The molecule has 158 valence electrons. The number of nitrogens with zero attached hydrogens (tertiary/aromatic N) is 2. The molecule has 6 nitrogen and oxygen atoms in total. The summed E-state index contributed by atoms with van der Waals surface area (Å²) in [6.07, 6.45) is -3.40. The highest BCUT2D eigenvalue weighted by molar-refractivity contribution is 5.84. The number of benzene rings is 2. The third-order valence-electron chi connectivity index (χ3n) is 4.36. The number of carboxylic acids is 1. The van der Waals surface area contributed by atoms with Crippen molar-refractivity contribution >= 4 is 5.97 Å². The van der Waals surface area contributed by atoms with Gasteiger partial charge in [-0.3, -0.25) is 4.90 Å². The maximum Gasteiger partial charge on any atom is 0.416 e. The van der Waals surface area contributed by atoms with E-state index < -0.39 is 17.7 Å². The average molecular weight is 420 g/mol. The number of aromatic nitrogens is 1. The van der Waals surface area contributed by atoms with Crippen LogP contribution in [0, 0.1) is 0 Å². The van der Waals surface area contributed by atoms with Crippen molar-refractivity contribution in [3.8, 4) is 5.75 Å². The molecule has 2 aromatic carbocycles. The molecule has 0 saturated carbocycles. The first kappa shape index (κ1) is 21.4. The van der Waals surface area contributed by atoms with Crippen molar-refractivity contribution in [3.63, 3.8) is 0 Å². The number of carboxylic acid groups (broad SMARTS) is 1. The highest BCUT2D eigenvalue weighted by atomic mass is 19.4. The van der Waals surface area contributed by atoms with Gasteiger partial charge in [0.1, 0.15) is 12.0 Å². The van der Waals surface area contributed by atoms with Crippen LogP contribution in [-0.2, 0) is 25.8 Å². The standard InChI is InChI=1S/C21H19F3N2O4/c1-29-17-7-5-14(6-8-17)10-26(12-19-25-18(13-30-19)20(27)28)11-15-3-2-4-16(9-15)21(22,23)24/h2-9,13H,10-12H2,1H3,(H,27,28). The summed E-state index contributed by atoms with van der Waals surface area (Å²) in [6.45, 7) is 0.682. The lowest BCUT2D eigenvalue weighted by Gasteiger charge is -2.22. The first-order valence-corrected chi connectivity index (χ1v) is 8.93. The van der Waals surface area contributed by atoms with Crippen molar-refractivity contribution in [1.29, 1.82) is 0 Å². The van der Waals surface area contributed by atoms with Gasteiger partial charge in [0.2, 0.25) is 5.89 Å². The molecule has 0 atom stereocenters. The van der Waals surface area contributed by atoms with Gasteiger partial charge in [0, 0.05) is 13.1 Å². The molecule has 0 radical (unpaired) electrons. The van der Waals surface area contributed by atoms with Crippen molar-refractivity contribution in [3.05, 3.63) is 83.1 Å². The fourth-order valence-corrected chi connectivity index (χ4v) is 2.93. The Morgan fingerprint density at radius 2 is 1.80 bits per heavy atom. The van der Waals surface area contributed by atoms with Crippen molar-refractivity contribution in [1.82, 2.24) is 9.88 Å². The maximum atomic E-state index is 13.0. The van der Waals surface area contributed by atoms with Crippen molar-refractivity contribution < 1.29 is 32.2 Å². The molecule has 0 aliphatic heterocycles. The van der Waals surface area contributed by atoms with E-state index in [1.54, 1.807) is 25.3 Å². The second kappa shape index (κ2) is 9.00. The van der Waals surface area contributed by atoms with E-state index in [1.165, 1.54) is 6.07 Å². The summed E-state index contributed by atoms with van der Waals surface area (Å²) >= 11 is 0. The van der Waals surface area contributed by atoms with Crippen LogP contribution in [0.2, 0.25) is 0 Å². The summed E-state index contributed by atoms with van der Waals surface area (Å²) in [5.41, 5.74) is 0.401. The zero-order chi connectivity index (χ0) is 21.7. The maximum absolute atomic E-state index is 13.0. The van der Waals surface area contributed by atoms with E-state index in [-0.39, 0.29) is 24.7 Å².